The lowest BCUT2D eigenvalue weighted by Gasteiger charge is -2.26. The maximum atomic E-state index is 12.1. The number of hydrogen-bond acceptors (Lipinski definition) is 3. The Morgan fingerprint density at radius 2 is 2.06 bits per heavy atom. The number of likely N-dealkylation sites (N-methyl/N-ethyl adjacent to an activating group) is 1. The number of carbonyl (C=O) groups excluding carboxylic acids is 1. The van der Waals surface area contributed by atoms with E-state index < -0.39 is 0 Å². The summed E-state index contributed by atoms with van der Waals surface area (Å²) >= 11 is 0. The third kappa shape index (κ3) is 4.25. The van der Waals surface area contributed by atoms with E-state index in [4.69, 9.17) is 0 Å². The van der Waals surface area contributed by atoms with Crippen molar-refractivity contribution in [3.05, 3.63) is 0 Å². The molecule has 2 rings (SSSR count). The zero-order chi connectivity index (χ0) is 12.8. The van der Waals surface area contributed by atoms with Gasteiger partial charge in [0.05, 0.1) is 0 Å². The van der Waals surface area contributed by atoms with E-state index in [1.807, 2.05) is 11.9 Å². The van der Waals surface area contributed by atoms with Crippen LogP contribution in [0.2, 0.25) is 0 Å². The first-order valence-corrected chi connectivity index (χ1v) is 7.45. The van der Waals surface area contributed by atoms with Crippen molar-refractivity contribution < 1.29 is 4.79 Å². The number of nitrogens with one attached hydrogen (secondary N) is 1. The van der Waals surface area contributed by atoms with Gasteiger partial charge < -0.3 is 15.1 Å². The first-order chi connectivity index (χ1) is 8.75. The van der Waals surface area contributed by atoms with Crippen LogP contribution >= 0.6 is 0 Å². The molecule has 1 unspecified atom stereocenters. The lowest BCUT2D eigenvalue weighted by Crippen LogP contribution is -2.41. The Hall–Kier alpha value is -0.610. The standard InChI is InChI=1S/C14H27N3O/c1-16(10-11-17-8-4-5-9-17)14(18)12-13-6-2-3-7-15-13/h13,15H,2-12H2,1H3. The molecule has 0 saturated carbocycles. The van der Waals surface area contributed by atoms with E-state index >= 15 is 0 Å². The largest absolute Gasteiger partial charge is 0.344 e. The number of likely N-dealkylation sites (tertiary alicyclic amines) is 1. The van der Waals surface area contributed by atoms with Gasteiger partial charge in [-0.15, -0.1) is 0 Å². The number of carbonyl (C=O) groups is 1. The highest BCUT2D eigenvalue weighted by atomic mass is 16.2. The molecule has 0 radical (unpaired) electrons. The first-order valence-electron chi connectivity index (χ1n) is 7.45. The van der Waals surface area contributed by atoms with Crippen LogP contribution in [-0.2, 0) is 4.79 Å². The van der Waals surface area contributed by atoms with Crippen LogP contribution in [0.15, 0.2) is 0 Å². The van der Waals surface area contributed by atoms with Crippen molar-refractivity contribution in [2.24, 2.45) is 0 Å². The van der Waals surface area contributed by atoms with Crippen molar-refractivity contribution in [1.29, 1.82) is 0 Å². The van der Waals surface area contributed by atoms with Crippen molar-refractivity contribution >= 4 is 5.91 Å². The van der Waals surface area contributed by atoms with Crippen molar-refractivity contribution in [2.45, 2.75) is 44.6 Å². The number of rotatable bonds is 5. The van der Waals surface area contributed by atoms with Crippen LogP contribution < -0.4 is 5.32 Å². The minimum absolute atomic E-state index is 0.300. The van der Waals surface area contributed by atoms with Crippen LogP contribution in [0.1, 0.15) is 38.5 Å². The molecule has 104 valence electrons. The topological polar surface area (TPSA) is 35.6 Å². The second-order valence-corrected chi connectivity index (χ2v) is 5.71. The van der Waals surface area contributed by atoms with E-state index in [-0.39, 0.29) is 0 Å². The van der Waals surface area contributed by atoms with Gasteiger partial charge in [0.15, 0.2) is 0 Å². The number of nitrogens with zero attached hydrogens (tertiary/aromatic N) is 2. The summed E-state index contributed by atoms with van der Waals surface area (Å²) in [4.78, 5) is 16.5. The van der Waals surface area contributed by atoms with E-state index in [9.17, 15) is 4.79 Å². The van der Waals surface area contributed by atoms with Gasteiger partial charge in [0, 0.05) is 32.6 Å². The van der Waals surface area contributed by atoms with E-state index in [1.165, 1.54) is 38.8 Å². The second kappa shape index (κ2) is 7.10. The van der Waals surface area contributed by atoms with Gasteiger partial charge >= 0.3 is 0 Å². The van der Waals surface area contributed by atoms with Gasteiger partial charge in [-0.1, -0.05) is 6.42 Å². The number of hydrogen-bond donors (Lipinski definition) is 1. The summed E-state index contributed by atoms with van der Waals surface area (Å²) in [6.45, 7) is 5.43. The van der Waals surface area contributed by atoms with Crippen molar-refractivity contribution in [1.82, 2.24) is 15.1 Å². The second-order valence-electron chi connectivity index (χ2n) is 5.71. The molecule has 2 aliphatic rings. The van der Waals surface area contributed by atoms with E-state index in [2.05, 4.69) is 10.2 Å². The summed E-state index contributed by atoms with van der Waals surface area (Å²) in [5.41, 5.74) is 0. The third-order valence-electron chi connectivity index (χ3n) is 4.21. The average Bonchev–Trinajstić information content (AvgIpc) is 2.90. The van der Waals surface area contributed by atoms with E-state index in [0.29, 0.717) is 18.4 Å². The number of amides is 1. The molecule has 2 aliphatic heterocycles. The quantitative estimate of drug-likeness (QED) is 0.796. The van der Waals surface area contributed by atoms with Gasteiger partial charge in [-0.3, -0.25) is 4.79 Å². The average molecular weight is 253 g/mol. The molecule has 0 aliphatic carbocycles. The molecule has 1 atom stereocenters. The lowest BCUT2D eigenvalue weighted by molar-refractivity contribution is -0.130. The smallest absolute Gasteiger partial charge is 0.223 e. The molecule has 2 heterocycles. The molecule has 0 aromatic rings. The molecule has 2 saturated heterocycles. The molecular weight excluding hydrogens is 226 g/mol. The van der Waals surface area contributed by atoms with Crippen LogP contribution in [-0.4, -0.2) is 61.5 Å². The summed E-state index contributed by atoms with van der Waals surface area (Å²) in [7, 11) is 1.95. The molecule has 0 bridgehead atoms. The Morgan fingerprint density at radius 3 is 2.72 bits per heavy atom. The maximum absolute atomic E-state index is 12.1. The van der Waals surface area contributed by atoms with Gasteiger partial charge in [0.2, 0.25) is 5.91 Å². The molecule has 1 N–H and O–H groups in total. The summed E-state index contributed by atoms with van der Waals surface area (Å²) in [5.74, 6) is 0.300. The van der Waals surface area contributed by atoms with E-state index in [0.717, 1.165) is 26.1 Å². The van der Waals surface area contributed by atoms with Crippen LogP contribution in [0.4, 0.5) is 0 Å². The normalized spacial score (nSPS) is 25.3. The van der Waals surface area contributed by atoms with Gasteiger partial charge in [0.1, 0.15) is 0 Å². The SMILES string of the molecule is CN(CCN1CCCC1)C(=O)CC1CCCCN1. The fourth-order valence-corrected chi connectivity index (χ4v) is 2.89. The predicted molar refractivity (Wildman–Crippen MR) is 73.6 cm³/mol. The molecule has 0 spiro atoms. The Kier molecular flexibility index (Phi) is 5.45. The van der Waals surface area contributed by atoms with Gasteiger partial charge in [-0.05, 0) is 45.3 Å². The monoisotopic (exact) mass is 253 g/mol. The Bertz CT molecular complexity index is 258. The molecule has 0 aromatic heterocycles. The minimum atomic E-state index is 0.300. The highest BCUT2D eigenvalue weighted by molar-refractivity contribution is 5.76. The fourth-order valence-electron chi connectivity index (χ4n) is 2.89. The summed E-state index contributed by atoms with van der Waals surface area (Å²) in [5, 5.41) is 3.44. The van der Waals surface area contributed by atoms with Crippen molar-refractivity contribution in [2.75, 3.05) is 39.8 Å². The third-order valence-corrected chi connectivity index (χ3v) is 4.21. The van der Waals surface area contributed by atoms with Crippen molar-refractivity contribution in [3.8, 4) is 0 Å². The molecule has 4 nitrogen and oxygen atoms in total. The number of piperidine rings is 1. The highest BCUT2D eigenvalue weighted by Gasteiger charge is 2.19. The minimum Gasteiger partial charge on any atom is -0.344 e. The van der Waals surface area contributed by atoms with Gasteiger partial charge in [-0.2, -0.15) is 0 Å². The van der Waals surface area contributed by atoms with Gasteiger partial charge in [0.25, 0.3) is 0 Å². The van der Waals surface area contributed by atoms with Crippen molar-refractivity contribution in [3.63, 3.8) is 0 Å². The lowest BCUT2D eigenvalue weighted by atomic mass is 10.0. The summed E-state index contributed by atoms with van der Waals surface area (Å²) in [6, 6.07) is 0.417. The molecule has 0 aromatic carbocycles. The first kappa shape index (κ1) is 13.8. The molecule has 1 amide bonds. The molecule has 18 heavy (non-hydrogen) atoms. The molecular formula is C14H27N3O. The maximum Gasteiger partial charge on any atom is 0.223 e. The van der Waals surface area contributed by atoms with Crippen LogP contribution in [0, 0.1) is 0 Å². The Labute approximate surface area is 111 Å². The Morgan fingerprint density at radius 1 is 1.28 bits per heavy atom. The zero-order valence-corrected chi connectivity index (χ0v) is 11.7. The van der Waals surface area contributed by atoms with E-state index in [1.54, 1.807) is 0 Å². The Balaban J connectivity index is 1.63. The fraction of sp³-hybridized carbons (Fsp3) is 0.929. The zero-order valence-electron chi connectivity index (χ0n) is 11.7. The highest BCUT2D eigenvalue weighted by Crippen LogP contribution is 2.11. The van der Waals surface area contributed by atoms with Crippen LogP contribution in [0.25, 0.3) is 0 Å². The summed E-state index contributed by atoms with van der Waals surface area (Å²) in [6.07, 6.45) is 7.01. The summed E-state index contributed by atoms with van der Waals surface area (Å²) < 4.78 is 0. The molecule has 4 heteroatoms. The van der Waals surface area contributed by atoms with Gasteiger partial charge in [-0.25, -0.2) is 0 Å². The van der Waals surface area contributed by atoms with Crippen LogP contribution in [0.5, 0.6) is 0 Å². The van der Waals surface area contributed by atoms with Crippen LogP contribution in [0.3, 0.4) is 0 Å². The molecule has 2 fully saturated rings. The predicted octanol–water partition coefficient (Wildman–Crippen LogP) is 1.07.